The summed E-state index contributed by atoms with van der Waals surface area (Å²) < 4.78 is 68.5. The average Bonchev–Trinajstić information content (AvgIpc) is 1.17. The summed E-state index contributed by atoms with van der Waals surface area (Å²) in [6.45, 7) is 14.2. The number of rotatable bonds is 72. The highest BCUT2D eigenvalue weighted by Gasteiger charge is 2.30. The van der Waals surface area contributed by atoms with E-state index in [-0.39, 0.29) is 25.7 Å². The average molecular weight is 1380 g/mol. The highest BCUT2D eigenvalue weighted by Crippen LogP contribution is 2.45. The van der Waals surface area contributed by atoms with Crippen molar-refractivity contribution in [3.8, 4) is 0 Å². The molecule has 0 bridgehead atoms. The highest BCUT2D eigenvalue weighted by atomic mass is 31.2. The first-order chi connectivity index (χ1) is 45.1. The molecule has 0 rings (SSSR count). The third-order valence-corrected chi connectivity index (χ3v) is 19.6. The molecule has 0 fully saturated rings. The van der Waals surface area contributed by atoms with Gasteiger partial charge in [0.25, 0.3) is 0 Å². The van der Waals surface area contributed by atoms with Crippen LogP contribution in [-0.4, -0.2) is 96.7 Å². The monoisotopic (exact) mass is 1380 g/mol. The van der Waals surface area contributed by atoms with E-state index in [1.165, 1.54) is 173 Å². The molecule has 0 aromatic carbocycles. The maximum absolute atomic E-state index is 13.1. The summed E-state index contributed by atoms with van der Waals surface area (Å²) in [6.07, 6.45) is 48.6. The van der Waals surface area contributed by atoms with Gasteiger partial charge in [0.2, 0.25) is 0 Å². The Morgan fingerprint density at radius 2 is 0.511 bits per heavy atom. The molecule has 0 aliphatic heterocycles. The van der Waals surface area contributed by atoms with Gasteiger partial charge < -0.3 is 33.8 Å². The SMILES string of the molecule is CCC(C)CCCCCCCCC(=O)OC[C@H](COP(=O)(O)OC[C@H](O)COP(=O)(O)OC[C@@H](COC(=O)CCCCCCCCCCCCC(C)C)OC(=O)CCCCCCCCCCCCC(C)C)OC(=O)CCCCCCCCCCCCCCCCCC(C)C. The fraction of sp³-hybridized carbons (Fsp3) is 0.947. The van der Waals surface area contributed by atoms with Crippen LogP contribution in [0.1, 0.15) is 376 Å². The van der Waals surface area contributed by atoms with Crippen molar-refractivity contribution in [1.29, 1.82) is 0 Å². The molecule has 0 aliphatic rings. The summed E-state index contributed by atoms with van der Waals surface area (Å²) in [6, 6.07) is 0. The molecular weight excluding hydrogens is 1230 g/mol. The number of phosphoric acid groups is 2. The van der Waals surface area contributed by atoms with Crippen LogP contribution in [0.25, 0.3) is 0 Å². The van der Waals surface area contributed by atoms with Gasteiger partial charge in [0.15, 0.2) is 12.2 Å². The van der Waals surface area contributed by atoms with Crippen LogP contribution in [0.4, 0.5) is 0 Å². The lowest BCUT2D eigenvalue weighted by molar-refractivity contribution is -0.161. The van der Waals surface area contributed by atoms with E-state index in [0.717, 1.165) is 120 Å². The number of unbranched alkanes of at least 4 members (excludes halogenated alkanes) is 37. The van der Waals surface area contributed by atoms with Gasteiger partial charge in [0, 0.05) is 25.7 Å². The lowest BCUT2D eigenvalue weighted by Gasteiger charge is -2.21. The molecule has 0 spiro atoms. The van der Waals surface area contributed by atoms with E-state index in [0.29, 0.717) is 25.7 Å². The van der Waals surface area contributed by atoms with Gasteiger partial charge in [-0.3, -0.25) is 37.3 Å². The van der Waals surface area contributed by atoms with Gasteiger partial charge in [-0.25, -0.2) is 9.13 Å². The minimum Gasteiger partial charge on any atom is -0.462 e. The number of hydrogen-bond acceptors (Lipinski definition) is 15. The van der Waals surface area contributed by atoms with Gasteiger partial charge in [-0.2, -0.15) is 0 Å². The van der Waals surface area contributed by atoms with E-state index in [1.54, 1.807) is 0 Å². The summed E-state index contributed by atoms with van der Waals surface area (Å²) >= 11 is 0. The molecule has 17 nitrogen and oxygen atoms in total. The number of carbonyl (C=O) groups is 4. The van der Waals surface area contributed by atoms with Crippen LogP contribution < -0.4 is 0 Å². The van der Waals surface area contributed by atoms with Gasteiger partial charge in [-0.1, -0.05) is 325 Å². The third kappa shape index (κ3) is 67.3. The quantitative estimate of drug-likeness (QED) is 0.0222. The van der Waals surface area contributed by atoms with Crippen molar-refractivity contribution in [3.63, 3.8) is 0 Å². The molecule has 0 heterocycles. The summed E-state index contributed by atoms with van der Waals surface area (Å²) in [5.74, 6) is 0.921. The Morgan fingerprint density at radius 3 is 0.755 bits per heavy atom. The van der Waals surface area contributed by atoms with E-state index >= 15 is 0 Å². The second-order valence-corrected chi connectivity index (χ2v) is 31.6. The number of aliphatic hydroxyl groups is 1. The van der Waals surface area contributed by atoms with Gasteiger partial charge >= 0.3 is 39.5 Å². The Morgan fingerprint density at radius 1 is 0.298 bits per heavy atom. The zero-order valence-corrected chi connectivity index (χ0v) is 63.4. The van der Waals surface area contributed by atoms with Crippen molar-refractivity contribution in [1.82, 2.24) is 0 Å². The van der Waals surface area contributed by atoms with Crippen molar-refractivity contribution in [2.75, 3.05) is 39.6 Å². The molecule has 558 valence electrons. The lowest BCUT2D eigenvalue weighted by Crippen LogP contribution is -2.30. The van der Waals surface area contributed by atoms with Crippen LogP contribution in [-0.2, 0) is 65.4 Å². The summed E-state index contributed by atoms with van der Waals surface area (Å²) in [7, 11) is -9.91. The fourth-order valence-corrected chi connectivity index (χ4v) is 12.9. The van der Waals surface area contributed by atoms with Crippen LogP contribution in [0.3, 0.4) is 0 Å². The Kier molecular flexibility index (Phi) is 63.1. The molecule has 0 saturated carbocycles. The van der Waals surface area contributed by atoms with Crippen LogP contribution in [0.5, 0.6) is 0 Å². The van der Waals surface area contributed by atoms with Gasteiger partial charge in [-0.15, -0.1) is 0 Å². The van der Waals surface area contributed by atoms with E-state index in [9.17, 15) is 43.2 Å². The Labute approximate surface area is 575 Å². The number of aliphatic hydroxyl groups excluding tert-OH is 1. The molecule has 3 N–H and O–H groups in total. The summed E-state index contributed by atoms with van der Waals surface area (Å²) in [4.78, 5) is 72.8. The Balaban J connectivity index is 5.24. The molecule has 0 saturated heterocycles. The minimum absolute atomic E-state index is 0.105. The predicted octanol–water partition coefficient (Wildman–Crippen LogP) is 21.7. The maximum atomic E-state index is 13.1. The van der Waals surface area contributed by atoms with Gasteiger partial charge in [0.1, 0.15) is 19.3 Å². The number of esters is 4. The number of ether oxygens (including phenoxy) is 4. The van der Waals surface area contributed by atoms with E-state index < -0.39 is 97.5 Å². The van der Waals surface area contributed by atoms with Crippen molar-refractivity contribution < 1.29 is 80.2 Å². The Bertz CT molecular complexity index is 1850. The topological polar surface area (TPSA) is 237 Å². The molecule has 0 aromatic rings. The first-order valence-corrected chi connectivity index (χ1v) is 41.7. The van der Waals surface area contributed by atoms with Crippen molar-refractivity contribution in [3.05, 3.63) is 0 Å². The van der Waals surface area contributed by atoms with E-state index in [4.69, 9.17) is 37.0 Å². The Hall–Kier alpha value is -1.94. The highest BCUT2D eigenvalue weighted by molar-refractivity contribution is 7.47. The van der Waals surface area contributed by atoms with Crippen LogP contribution >= 0.6 is 15.6 Å². The van der Waals surface area contributed by atoms with Crippen molar-refractivity contribution in [2.24, 2.45) is 23.7 Å². The molecule has 0 radical (unpaired) electrons. The third-order valence-electron chi connectivity index (χ3n) is 17.7. The van der Waals surface area contributed by atoms with Crippen LogP contribution in [0, 0.1) is 23.7 Å². The molecule has 0 aromatic heterocycles. The first-order valence-electron chi connectivity index (χ1n) is 38.7. The van der Waals surface area contributed by atoms with Crippen LogP contribution in [0.2, 0.25) is 0 Å². The maximum Gasteiger partial charge on any atom is 0.472 e. The van der Waals surface area contributed by atoms with Gasteiger partial charge in [-0.05, 0) is 49.4 Å². The molecule has 0 amide bonds. The number of hydrogen-bond donors (Lipinski definition) is 3. The second-order valence-electron chi connectivity index (χ2n) is 28.7. The number of phosphoric ester groups is 2. The molecular formula is C75H146O17P2. The van der Waals surface area contributed by atoms with E-state index in [1.807, 2.05) is 0 Å². The smallest absolute Gasteiger partial charge is 0.462 e. The zero-order chi connectivity index (χ0) is 69.6. The number of carbonyl (C=O) groups excluding carboxylic acids is 4. The molecule has 6 atom stereocenters. The van der Waals surface area contributed by atoms with Gasteiger partial charge in [0.05, 0.1) is 26.4 Å². The fourth-order valence-electron chi connectivity index (χ4n) is 11.3. The van der Waals surface area contributed by atoms with Crippen LogP contribution in [0.15, 0.2) is 0 Å². The van der Waals surface area contributed by atoms with Crippen molar-refractivity contribution in [2.45, 2.75) is 395 Å². The first kappa shape index (κ1) is 92.1. The van der Waals surface area contributed by atoms with Crippen molar-refractivity contribution >= 4 is 39.5 Å². The minimum atomic E-state index is -4.96. The summed E-state index contributed by atoms with van der Waals surface area (Å²) in [5, 5.41) is 10.6. The second kappa shape index (κ2) is 64.4. The standard InChI is InChI=1S/C75H146O17P2/c1-9-68(8)54-46-38-33-34-40-48-56-73(78)86-62-71(92-74(79)57-49-41-31-25-16-14-12-10-11-13-15-21-27-35-43-51-65(2)3)64-90-94(83,84)88-60-69(76)59-87-93(81,82)89-63-70(91-75(80)58-50-42-32-26-20-18-23-29-37-45-53-67(6)7)61-85-72(77)55-47-39-30-24-19-17-22-28-36-44-52-66(4)5/h65-71,76H,9-64H2,1-8H3,(H,81,82)(H,83,84)/t68?,69-,70-,71-/m1/s1. The summed E-state index contributed by atoms with van der Waals surface area (Å²) in [5.41, 5.74) is 0. The lowest BCUT2D eigenvalue weighted by atomic mass is 10.00. The molecule has 0 aliphatic carbocycles. The largest absolute Gasteiger partial charge is 0.472 e. The normalized spacial score (nSPS) is 14.4. The molecule has 19 heteroatoms. The predicted molar refractivity (Wildman–Crippen MR) is 381 cm³/mol. The van der Waals surface area contributed by atoms with E-state index in [2.05, 4.69) is 55.4 Å². The zero-order valence-electron chi connectivity index (χ0n) is 61.6. The molecule has 94 heavy (non-hydrogen) atoms. The molecule has 3 unspecified atom stereocenters.